The van der Waals surface area contributed by atoms with Crippen molar-refractivity contribution in [2.45, 2.75) is 26.8 Å². The summed E-state index contributed by atoms with van der Waals surface area (Å²) in [6, 6.07) is 14.1. The van der Waals surface area contributed by atoms with Gasteiger partial charge >= 0.3 is 0 Å². The Morgan fingerprint density at radius 2 is 2.00 bits per heavy atom. The van der Waals surface area contributed by atoms with Gasteiger partial charge < -0.3 is 4.57 Å². The molecule has 0 N–H and O–H groups in total. The number of aromatic nitrogens is 2. The number of halogens is 1. The van der Waals surface area contributed by atoms with Crippen LogP contribution in [0.25, 0.3) is 10.9 Å². The Morgan fingerprint density at radius 1 is 1.24 bits per heavy atom. The summed E-state index contributed by atoms with van der Waals surface area (Å²) in [5.74, 6) is 0.906. The SMILES string of the molecule is Cc1c(C#N)cccc1C(C)N=c1nc(C)n(C)c2ccc(Br)cc12. The van der Waals surface area contributed by atoms with Gasteiger partial charge in [0.25, 0.3) is 0 Å². The summed E-state index contributed by atoms with van der Waals surface area (Å²) in [5, 5.41) is 10.3. The van der Waals surface area contributed by atoms with E-state index in [1.165, 1.54) is 0 Å². The smallest absolute Gasteiger partial charge is 0.159 e. The zero-order chi connectivity index (χ0) is 18.1. The monoisotopic (exact) mass is 394 g/mol. The average molecular weight is 395 g/mol. The third kappa shape index (κ3) is 3.22. The Kier molecular flexibility index (Phi) is 4.73. The molecule has 1 unspecified atom stereocenters. The van der Waals surface area contributed by atoms with Gasteiger partial charge in [-0.1, -0.05) is 28.1 Å². The van der Waals surface area contributed by atoms with Crippen molar-refractivity contribution in [1.82, 2.24) is 9.55 Å². The molecule has 0 aliphatic carbocycles. The van der Waals surface area contributed by atoms with Crippen molar-refractivity contribution < 1.29 is 0 Å². The zero-order valence-corrected chi connectivity index (χ0v) is 16.3. The number of benzene rings is 2. The molecule has 0 aliphatic heterocycles. The number of rotatable bonds is 2. The Bertz CT molecular complexity index is 1070. The lowest BCUT2D eigenvalue weighted by Gasteiger charge is -2.13. The average Bonchev–Trinajstić information content (AvgIpc) is 2.59. The second kappa shape index (κ2) is 6.81. The van der Waals surface area contributed by atoms with Crippen molar-refractivity contribution in [1.29, 1.82) is 5.26 Å². The normalized spacial score (nSPS) is 13.0. The van der Waals surface area contributed by atoms with Crippen LogP contribution in [-0.4, -0.2) is 9.55 Å². The topological polar surface area (TPSA) is 54.0 Å². The van der Waals surface area contributed by atoms with E-state index in [-0.39, 0.29) is 6.04 Å². The van der Waals surface area contributed by atoms with Gasteiger partial charge in [-0.25, -0.2) is 4.98 Å². The number of nitrogens with zero attached hydrogens (tertiary/aromatic N) is 4. The Morgan fingerprint density at radius 3 is 2.72 bits per heavy atom. The first-order chi connectivity index (χ1) is 11.9. The summed E-state index contributed by atoms with van der Waals surface area (Å²) >= 11 is 3.54. The van der Waals surface area contributed by atoms with Crippen LogP contribution in [-0.2, 0) is 7.05 Å². The van der Waals surface area contributed by atoms with Gasteiger partial charge in [-0.3, -0.25) is 4.99 Å². The van der Waals surface area contributed by atoms with E-state index in [1.54, 1.807) is 0 Å². The van der Waals surface area contributed by atoms with Crippen LogP contribution in [0.2, 0.25) is 0 Å². The standard InChI is InChI=1S/C20H19BrN4/c1-12-15(11-22)6-5-7-17(12)13(2)23-20-18-10-16(21)8-9-19(18)25(4)14(3)24-20/h5-10,13H,1-4H3. The van der Waals surface area contributed by atoms with Crippen molar-refractivity contribution in [3.63, 3.8) is 0 Å². The number of hydrogen-bond donors (Lipinski definition) is 0. The van der Waals surface area contributed by atoms with E-state index < -0.39 is 0 Å². The highest BCUT2D eigenvalue weighted by Gasteiger charge is 2.11. The molecule has 0 fully saturated rings. The molecule has 3 rings (SSSR count). The van der Waals surface area contributed by atoms with Crippen molar-refractivity contribution >= 4 is 26.8 Å². The van der Waals surface area contributed by atoms with Crippen LogP contribution in [0.15, 0.2) is 45.9 Å². The van der Waals surface area contributed by atoms with Gasteiger partial charge in [-0.05, 0) is 56.2 Å². The highest BCUT2D eigenvalue weighted by Crippen LogP contribution is 2.23. The molecular weight excluding hydrogens is 376 g/mol. The van der Waals surface area contributed by atoms with Crippen LogP contribution in [0, 0.1) is 25.2 Å². The molecule has 0 spiro atoms. The Hall–Kier alpha value is -2.45. The van der Waals surface area contributed by atoms with Crippen molar-refractivity contribution in [3.8, 4) is 6.07 Å². The van der Waals surface area contributed by atoms with Crippen LogP contribution in [0.5, 0.6) is 0 Å². The van der Waals surface area contributed by atoms with Gasteiger partial charge in [0.05, 0.1) is 23.2 Å². The molecule has 2 aromatic carbocycles. The molecular formula is C20H19BrN4. The van der Waals surface area contributed by atoms with Crippen molar-refractivity contribution in [2.75, 3.05) is 0 Å². The van der Waals surface area contributed by atoms with Gasteiger partial charge in [-0.2, -0.15) is 5.26 Å². The van der Waals surface area contributed by atoms with E-state index in [9.17, 15) is 5.26 Å². The molecule has 0 amide bonds. The summed E-state index contributed by atoms with van der Waals surface area (Å²) in [7, 11) is 2.01. The van der Waals surface area contributed by atoms with Crippen molar-refractivity contribution in [2.24, 2.45) is 12.0 Å². The third-order valence-electron chi connectivity index (χ3n) is 4.58. The van der Waals surface area contributed by atoms with Gasteiger partial charge in [0.1, 0.15) is 5.82 Å². The minimum Gasteiger partial charge on any atom is -0.332 e. The molecule has 25 heavy (non-hydrogen) atoms. The van der Waals surface area contributed by atoms with E-state index in [4.69, 9.17) is 9.98 Å². The molecule has 126 valence electrons. The fraction of sp³-hybridized carbons (Fsp3) is 0.250. The van der Waals surface area contributed by atoms with Gasteiger partial charge in [0.15, 0.2) is 5.49 Å². The Balaban J connectivity index is 2.24. The predicted molar refractivity (Wildman–Crippen MR) is 103 cm³/mol. The first-order valence-electron chi connectivity index (χ1n) is 8.08. The molecule has 0 aliphatic rings. The first kappa shape index (κ1) is 17.4. The number of hydrogen-bond acceptors (Lipinski definition) is 3. The number of aryl methyl sites for hydroxylation is 2. The molecule has 5 heteroatoms. The molecule has 0 bridgehead atoms. The third-order valence-corrected chi connectivity index (χ3v) is 5.07. The molecule has 0 saturated carbocycles. The maximum Gasteiger partial charge on any atom is 0.159 e. The molecule has 4 nitrogen and oxygen atoms in total. The lowest BCUT2D eigenvalue weighted by molar-refractivity contribution is 0.754. The van der Waals surface area contributed by atoms with Crippen LogP contribution in [0.3, 0.4) is 0 Å². The predicted octanol–water partition coefficient (Wildman–Crippen LogP) is 4.49. The lowest BCUT2D eigenvalue weighted by Crippen LogP contribution is -2.17. The quantitative estimate of drug-likeness (QED) is 0.642. The van der Waals surface area contributed by atoms with Crippen LogP contribution in [0.4, 0.5) is 0 Å². The van der Waals surface area contributed by atoms with E-state index in [1.807, 2.05) is 58.2 Å². The minimum atomic E-state index is -0.0879. The van der Waals surface area contributed by atoms with E-state index in [0.717, 1.165) is 37.8 Å². The van der Waals surface area contributed by atoms with Crippen LogP contribution >= 0.6 is 15.9 Å². The molecule has 1 aromatic heterocycles. The van der Waals surface area contributed by atoms with Gasteiger partial charge in [0.2, 0.25) is 0 Å². The summed E-state index contributed by atoms with van der Waals surface area (Å²) in [4.78, 5) is 9.57. The lowest BCUT2D eigenvalue weighted by atomic mass is 9.98. The van der Waals surface area contributed by atoms with E-state index >= 15 is 0 Å². The largest absolute Gasteiger partial charge is 0.332 e. The van der Waals surface area contributed by atoms with Crippen molar-refractivity contribution in [3.05, 3.63) is 68.9 Å². The van der Waals surface area contributed by atoms with E-state index in [2.05, 4.69) is 32.6 Å². The first-order valence-corrected chi connectivity index (χ1v) is 8.88. The van der Waals surface area contributed by atoms with Crippen LogP contribution < -0.4 is 5.49 Å². The van der Waals surface area contributed by atoms with Crippen LogP contribution in [0.1, 0.15) is 35.5 Å². The fourth-order valence-electron chi connectivity index (χ4n) is 3.02. The second-order valence-electron chi connectivity index (χ2n) is 6.14. The van der Waals surface area contributed by atoms with Gasteiger partial charge in [-0.15, -0.1) is 0 Å². The molecule has 3 aromatic rings. The number of fused-ring (bicyclic) bond motifs is 1. The Labute approximate surface area is 155 Å². The summed E-state index contributed by atoms with van der Waals surface area (Å²) in [5.41, 5.74) is 4.53. The molecule has 1 heterocycles. The minimum absolute atomic E-state index is 0.0879. The summed E-state index contributed by atoms with van der Waals surface area (Å²) in [6.07, 6.45) is 0. The number of nitriles is 1. The highest BCUT2D eigenvalue weighted by atomic mass is 79.9. The zero-order valence-electron chi connectivity index (χ0n) is 14.7. The fourth-order valence-corrected chi connectivity index (χ4v) is 3.38. The molecule has 1 atom stereocenters. The van der Waals surface area contributed by atoms with E-state index in [0.29, 0.717) is 5.56 Å². The summed E-state index contributed by atoms with van der Waals surface area (Å²) in [6.45, 7) is 5.99. The molecule has 0 saturated heterocycles. The molecule has 0 radical (unpaired) electrons. The van der Waals surface area contributed by atoms with Gasteiger partial charge in [0, 0.05) is 16.9 Å². The highest BCUT2D eigenvalue weighted by molar-refractivity contribution is 9.10. The summed E-state index contributed by atoms with van der Waals surface area (Å²) < 4.78 is 3.06. The second-order valence-corrected chi connectivity index (χ2v) is 7.06. The maximum atomic E-state index is 9.25. The maximum absolute atomic E-state index is 9.25.